The Hall–Kier alpha value is -3.84. The Balaban J connectivity index is 1.62. The molecule has 180 valence electrons. The fraction of sp³-hybridized carbons (Fsp3) is 0.214. The van der Waals surface area contributed by atoms with Gasteiger partial charge in [-0.25, -0.2) is 4.79 Å². The second kappa shape index (κ2) is 9.07. The third-order valence-electron chi connectivity index (χ3n) is 6.39. The molecule has 0 aliphatic rings. The van der Waals surface area contributed by atoms with Crippen molar-refractivity contribution in [1.29, 1.82) is 0 Å². The van der Waals surface area contributed by atoms with Crippen molar-refractivity contribution in [3.8, 4) is 28.4 Å². The summed E-state index contributed by atoms with van der Waals surface area (Å²) in [6, 6.07) is 18.4. The number of carbonyl (C=O) groups excluding carboxylic acids is 1. The van der Waals surface area contributed by atoms with E-state index < -0.39 is 14.3 Å². The van der Waals surface area contributed by atoms with Gasteiger partial charge in [-0.2, -0.15) is 0 Å². The summed E-state index contributed by atoms with van der Waals surface area (Å²) >= 11 is 0. The number of benzene rings is 3. The van der Waals surface area contributed by atoms with E-state index in [4.69, 9.17) is 13.6 Å². The number of aromatic hydroxyl groups is 1. The zero-order chi connectivity index (χ0) is 25.4. The monoisotopic (exact) mass is 488 g/mol. The Bertz CT molecular complexity index is 1430. The van der Waals surface area contributed by atoms with Crippen LogP contribution in [0, 0.1) is 0 Å². The van der Waals surface area contributed by atoms with Crippen LogP contribution in [-0.2, 0) is 0 Å². The number of phenolic OH excluding ortho intramolecular Hbond substituents is 1. The highest BCUT2D eigenvalue weighted by Gasteiger charge is 2.38. The van der Waals surface area contributed by atoms with Crippen LogP contribution in [0.15, 0.2) is 82.2 Å². The molecule has 0 spiro atoms. The third kappa shape index (κ3) is 5.00. The predicted molar refractivity (Wildman–Crippen MR) is 139 cm³/mol. The summed E-state index contributed by atoms with van der Waals surface area (Å²) in [6.45, 7) is 10.9. The highest BCUT2D eigenvalue weighted by molar-refractivity contribution is 6.74. The Morgan fingerprint density at radius 1 is 0.943 bits per heavy atom. The number of esters is 1. The Labute approximate surface area is 204 Å². The smallest absolute Gasteiger partial charge is 0.343 e. The van der Waals surface area contributed by atoms with Crippen molar-refractivity contribution in [2.45, 2.75) is 38.9 Å². The summed E-state index contributed by atoms with van der Waals surface area (Å²) < 4.78 is 17.3. The van der Waals surface area contributed by atoms with E-state index in [0.717, 1.165) is 5.75 Å². The molecular weight excluding hydrogens is 460 g/mol. The first-order valence-corrected chi connectivity index (χ1v) is 14.2. The Kier molecular flexibility index (Phi) is 6.30. The first-order chi connectivity index (χ1) is 16.5. The van der Waals surface area contributed by atoms with Crippen molar-refractivity contribution in [2.75, 3.05) is 0 Å². The number of hydrogen-bond acceptors (Lipinski definition) is 6. The molecule has 0 radical (unpaired) electrons. The summed E-state index contributed by atoms with van der Waals surface area (Å²) in [5.41, 5.74) is 1.04. The molecule has 35 heavy (non-hydrogen) atoms. The number of fused-ring (bicyclic) bond motifs is 1. The molecule has 0 amide bonds. The zero-order valence-corrected chi connectivity index (χ0v) is 21.4. The van der Waals surface area contributed by atoms with Crippen molar-refractivity contribution < 1.29 is 23.5 Å². The van der Waals surface area contributed by atoms with Crippen molar-refractivity contribution in [3.63, 3.8) is 0 Å². The van der Waals surface area contributed by atoms with Gasteiger partial charge in [0.25, 0.3) is 0 Å². The number of ether oxygens (including phenoxy) is 1. The summed E-state index contributed by atoms with van der Waals surface area (Å²) in [7, 11) is -1.99. The SMILES string of the molecule is CC(C)(C)[Si](C)(C)Oc1ccc(-c2coc3cc(OC(=O)c4ccccc4)cc(O)c3c2=O)cc1. The van der Waals surface area contributed by atoms with Crippen LogP contribution < -0.4 is 14.6 Å². The quantitative estimate of drug-likeness (QED) is 0.190. The van der Waals surface area contributed by atoms with Gasteiger partial charge in [0.1, 0.15) is 34.5 Å². The summed E-state index contributed by atoms with van der Waals surface area (Å²) in [5, 5.41) is 10.7. The molecule has 0 saturated carbocycles. The maximum absolute atomic E-state index is 13.2. The van der Waals surface area contributed by atoms with Crippen molar-refractivity contribution in [2.24, 2.45) is 0 Å². The molecule has 0 fully saturated rings. The molecule has 0 aliphatic carbocycles. The molecule has 0 saturated heterocycles. The van der Waals surface area contributed by atoms with Crippen molar-refractivity contribution in [3.05, 3.63) is 88.8 Å². The molecule has 6 nitrogen and oxygen atoms in total. The Morgan fingerprint density at radius 2 is 1.60 bits per heavy atom. The largest absolute Gasteiger partial charge is 0.544 e. The van der Waals surface area contributed by atoms with Gasteiger partial charge >= 0.3 is 5.97 Å². The molecule has 1 aromatic heterocycles. The van der Waals surface area contributed by atoms with E-state index in [1.807, 2.05) is 12.1 Å². The molecule has 4 rings (SSSR count). The average molecular weight is 489 g/mol. The lowest BCUT2D eigenvalue weighted by Gasteiger charge is -2.36. The molecule has 7 heteroatoms. The van der Waals surface area contributed by atoms with Crippen LogP contribution in [0.25, 0.3) is 22.1 Å². The van der Waals surface area contributed by atoms with Gasteiger partial charge in [0, 0.05) is 12.1 Å². The molecule has 1 N–H and O–H groups in total. The van der Waals surface area contributed by atoms with Gasteiger partial charge in [-0.3, -0.25) is 4.79 Å². The normalized spacial score (nSPS) is 11.9. The number of hydrogen-bond donors (Lipinski definition) is 1. The number of carbonyl (C=O) groups is 1. The summed E-state index contributed by atoms with van der Waals surface area (Å²) in [6.07, 6.45) is 1.34. The van der Waals surface area contributed by atoms with Crippen LogP contribution in [0.3, 0.4) is 0 Å². The van der Waals surface area contributed by atoms with Crippen LogP contribution in [0.5, 0.6) is 17.2 Å². The van der Waals surface area contributed by atoms with Crippen LogP contribution in [0.1, 0.15) is 31.1 Å². The van der Waals surface area contributed by atoms with Gasteiger partial charge in [0.15, 0.2) is 0 Å². The molecule has 0 atom stereocenters. The fourth-order valence-electron chi connectivity index (χ4n) is 3.36. The first-order valence-electron chi connectivity index (χ1n) is 11.3. The molecule has 4 aromatic rings. The third-order valence-corrected chi connectivity index (χ3v) is 10.8. The van der Waals surface area contributed by atoms with E-state index in [2.05, 4.69) is 33.9 Å². The van der Waals surface area contributed by atoms with Gasteiger partial charge in [-0.1, -0.05) is 51.1 Å². The molecule has 3 aromatic carbocycles. The summed E-state index contributed by atoms with van der Waals surface area (Å²) in [4.78, 5) is 25.5. The lowest BCUT2D eigenvalue weighted by atomic mass is 10.0. The maximum Gasteiger partial charge on any atom is 0.343 e. The number of phenols is 1. The first kappa shape index (κ1) is 24.3. The lowest BCUT2D eigenvalue weighted by molar-refractivity contribution is 0.0734. The second-order valence-corrected chi connectivity index (χ2v) is 14.7. The van der Waals surface area contributed by atoms with E-state index in [1.165, 1.54) is 18.4 Å². The van der Waals surface area contributed by atoms with Gasteiger partial charge in [-0.05, 0) is 48.0 Å². The highest BCUT2D eigenvalue weighted by atomic mass is 28.4. The molecule has 1 heterocycles. The fourth-order valence-corrected chi connectivity index (χ4v) is 4.39. The molecule has 0 bridgehead atoms. The van der Waals surface area contributed by atoms with Gasteiger partial charge in [-0.15, -0.1) is 0 Å². The van der Waals surface area contributed by atoms with Gasteiger partial charge in [0.05, 0.1) is 11.1 Å². The van der Waals surface area contributed by atoms with Crippen LogP contribution >= 0.6 is 0 Å². The van der Waals surface area contributed by atoms with Crippen LogP contribution in [0.4, 0.5) is 0 Å². The van der Waals surface area contributed by atoms with Crippen molar-refractivity contribution >= 4 is 25.3 Å². The minimum Gasteiger partial charge on any atom is -0.544 e. The Morgan fingerprint density at radius 3 is 2.23 bits per heavy atom. The van der Waals surface area contributed by atoms with E-state index >= 15 is 0 Å². The standard InChI is InChI=1S/C28H28O6Si/c1-28(2,3)35(4,5)34-20-13-11-18(12-14-20)22-17-32-24-16-21(15-23(29)25(24)26(22)30)33-27(31)19-9-7-6-8-10-19/h6-17,29H,1-5H3. The zero-order valence-electron chi connectivity index (χ0n) is 20.4. The molecule has 0 unspecified atom stereocenters. The molecular formula is C28H28O6Si. The topological polar surface area (TPSA) is 86.0 Å². The van der Waals surface area contributed by atoms with Gasteiger partial charge in [0.2, 0.25) is 13.7 Å². The van der Waals surface area contributed by atoms with Crippen molar-refractivity contribution in [1.82, 2.24) is 0 Å². The lowest BCUT2D eigenvalue weighted by Crippen LogP contribution is -2.43. The van der Waals surface area contributed by atoms with Crippen LogP contribution in [0.2, 0.25) is 18.1 Å². The predicted octanol–water partition coefficient (Wildman–Crippen LogP) is 6.77. The number of rotatable bonds is 5. The van der Waals surface area contributed by atoms with E-state index in [1.54, 1.807) is 42.5 Å². The average Bonchev–Trinajstić information content (AvgIpc) is 2.79. The van der Waals surface area contributed by atoms with E-state index in [9.17, 15) is 14.7 Å². The summed E-state index contributed by atoms with van der Waals surface area (Å²) in [5.74, 6) is -0.0831. The highest BCUT2D eigenvalue weighted by Crippen LogP contribution is 2.38. The van der Waals surface area contributed by atoms with E-state index in [0.29, 0.717) is 16.7 Å². The minimum absolute atomic E-state index is 0.0172. The molecule has 0 aliphatic heterocycles. The second-order valence-electron chi connectivity index (χ2n) is 9.94. The van der Waals surface area contributed by atoms with Crippen LogP contribution in [-0.4, -0.2) is 19.4 Å². The van der Waals surface area contributed by atoms with Gasteiger partial charge < -0.3 is 18.7 Å². The maximum atomic E-state index is 13.2. The minimum atomic E-state index is -1.99. The van der Waals surface area contributed by atoms with E-state index in [-0.39, 0.29) is 32.9 Å².